The van der Waals surface area contributed by atoms with Gasteiger partial charge in [-0.2, -0.15) is 0 Å². The first kappa shape index (κ1) is 19.0. The number of benzene rings is 2. The van der Waals surface area contributed by atoms with Gasteiger partial charge in [-0.25, -0.2) is 0 Å². The third-order valence-corrected chi connectivity index (χ3v) is 5.75. The molecule has 0 fully saturated rings. The van der Waals surface area contributed by atoms with E-state index in [1.807, 2.05) is 73.0 Å². The number of hydrogen-bond donors (Lipinski definition) is 1. The molecule has 2 heterocycles. The van der Waals surface area contributed by atoms with Crippen LogP contribution in [-0.2, 0) is 16.1 Å². The fraction of sp³-hybridized carbons (Fsp3) is 0.130. The number of imide groups is 1. The first-order valence-electron chi connectivity index (χ1n) is 9.19. The van der Waals surface area contributed by atoms with Crippen LogP contribution in [0.25, 0.3) is 5.57 Å². The Labute approximate surface area is 173 Å². The Morgan fingerprint density at radius 1 is 0.966 bits per heavy atom. The molecule has 0 spiro atoms. The average Bonchev–Trinajstić information content (AvgIpc) is 3.33. The van der Waals surface area contributed by atoms with Crippen molar-refractivity contribution in [2.45, 2.75) is 13.5 Å². The van der Waals surface area contributed by atoms with E-state index in [4.69, 9.17) is 4.74 Å². The molecule has 3 aromatic rings. The van der Waals surface area contributed by atoms with E-state index in [-0.39, 0.29) is 18.4 Å². The lowest BCUT2D eigenvalue weighted by molar-refractivity contribution is -0.137. The van der Waals surface area contributed by atoms with E-state index in [2.05, 4.69) is 5.32 Å². The zero-order valence-electron chi connectivity index (χ0n) is 16.1. The van der Waals surface area contributed by atoms with Crippen LogP contribution in [0.15, 0.2) is 71.7 Å². The van der Waals surface area contributed by atoms with E-state index in [1.165, 1.54) is 16.2 Å². The van der Waals surface area contributed by atoms with Crippen LogP contribution in [0.2, 0.25) is 0 Å². The second-order valence-electron chi connectivity index (χ2n) is 6.68. The number of para-hydroxylation sites is 2. The molecule has 5 nitrogen and oxygen atoms in total. The summed E-state index contributed by atoms with van der Waals surface area (Å²) >= 11 is 1.44. The van der Waals surface area contributed by atoms with Crippen molar-refractivity contribution in [3.8, 4) is 5.75 Å². The quantitative estimate of drug-likeness (QED) is 0.617. The van der Waals surface area contributed by atoms with Crippen molar-refractivity contribution in [1.82, 2.24) is 4.90 Å². The predicted molar refractivity (Wildman–Crippen MR) is 115 cm³/mol. The lowest BCUT2D eigenvalue weighted by Gasteiger charge is -2.17. The van der Waals surface area contributed by atoms with E-state index in [1.54, 1.807) is 7.11 Å². The van der Waals surface area contributed by atoms with E-state index in [0.29, 0.717) is 17.0 Å². The average molecular weight is 404 g/mol. The van der Waals surface area contributed by atoms with Gasteiger partial charge >= 0.3 is 0 Å². The molecule has 1 N–H and O–H groups in total. The van der Waals surface area contributed by atoms with Crippen molar-refractivity contribution in [2.75, 3.05) is 12.4 Å². The Hall–Kier alpha value is -3.38. The van der Waals surface area contributed by atoms with Crippen molar-refractivity contribution in [3.05, 3.63) is 87.7 Å². The van der Waals surface area contributed by atoms with Gasteiger partial charge in [0.25, 0.3) is 11.8 Å². The summed E-state index contributed by atoms with van der Waals surface area (Å²) in [6, 6.07) is 18.8. The number of rotatable bonds is 6. The molecule has 0 unspecified atom stereocenters. The van der Waals surface area contributed by atoms with Crippen molar-refractivity contribution in [3.63, 3.8) is 0 Å². The number of nitrogens with zero attached hydrogens (tertiary/aromatic N) is 1. The Morgan fingerprint density at radius 2 is 1.72 bits per heavy atom. The fourth-order valence-corrected chi connectivity index (χ4v) is 4.10. The maximum Gasteiger partial charge on any atom is 0.278 e. The van der Waals surface area contributed by atoms with Gasteiger partial charge in [0.15, 0.2) is 0 Å². The SMILES string of the molecule is COc1ccccc1CN1C(=O)C(Nc2ccccc2C)=C(c2cccs2)C1=O. The van der Waals surface area contributed by atoms with Crippen molar-refractivity contribution in [2.24, 2.45) is 0 Å². The fourth-order valence-electron chi connectivity index (χ4n) is 3.34. The van der Waals surface area contributed by atoms with Crippen LogP contribution in [0.5, 0.6) is 5.75 Å². The number of ether oxygens (including phenoxy) is 1. The van der Waals surface area contributed by atoms with E-state index >= 15 is 0 Å². The standard InChI is InChI=1S/C23H20N2O3S/c1-15-8-3-5-10-17(15)24-21-20(19-12-7-13-29-19)22(26)25(23(21)27)14-16-9-4-6-11-18(16)28-2/h3-13,24H,14H2,1-2H3. The van der Waals surface area contributed by atoms with Crippen LogP contribution in [0.3, 0.4) is 0 Å². The molecule has 146 valence electrons. The summed E-state index contributed by atoms with van der Waals surface area (Å²) in [6.07, 6.45) is 0. The highest BCUT2D eigenvalue weighted by Gasteiger charge is 2.40. The Balaban J connectivity index is 1.73. The van der Waals surface area contributed by atoms with Gasteiger partial charge in [-0.15, -0.1) is 11.3 Å². The molecule has 1 aliphatic rings. The molecule has 1 aromatic heterocycles. The second kappa shape index (κ2) is 7.93. The van der Waals surface area contributed by atoms with Crippen molar-refractivity contribution >= 4 is 34.4 Å². The topological polar surface area (TPSA) is 58.6 Å². The number of thiophene rings is 1. The molecule has 6 heteroatoms. The molecule has 2 aromatic carbocycles. The smallest absolute Gasteiger partial charge is 0.278 e. The molecule has 1 aliphatic heterocycles. The molecule has 0 aliphatic carbocycles. The summed E-state index contributed by atoms with van der Waals surface area (Å²) < 4.78 is 5.39. The molecular weight excluding hydrogens is 384 g/mol. The minimum absolute atomic E-state index is 0.148. The lowest BCUT2D eigenvalue weighted by Crippen LogP contribution is -2.32. The van der Waals surface area contributed by atoms with Crippen LogP contribution >= 0.6 is 11.3 Å². The molecule has 4 rings (SSSR count). The molecule has 0 radical (unpaired) electrons. The molecular formula is C23H20N2O3S. The van der Waals surface area contributed by atoms with E-state index < -0.39 is 0 Å². The monoisotopic (exact) mass is 404 g/mol. The number of aryl methyl sites for hydroxylation is 1. The highest BCUT2D eigenvalue weighted by Crippen LogP contribution is 2.35. The number of hydrogen-bond acceptors (Lipinski definition) is 5. The van der Waals surface area contributed by atoms with Gasteiger partial charge < -0.3 is 10.1 Å². The Kier molecular flexibility index (Phi) is 5.18. The lowest BCUT2D eigenvalue weighted by atomic mass is 10.1. The Morgan fingerprint density at radius 3 is 2.45 bits per heavy atom. The number of carbonyl (C=O) groups is 2. The molecule has 0 atom stereocenters. The van der Waals surface area contributed by atoms with Gasteiger partial charge in [0.2, 0.25) is 0 Å². The third kappa shape index (κ3) is 3.54. The third-order valence-electron chi connectivity index (χ3n) is 4.86. The van der Waals surface area contributed by atoms with Crippen LogP contribution in [0.4, 0.5) is 5.69 Å². The van der Waals surface area contributed by atoms with Crippen LogP contribution in [-0.4, -0.2) is 23.8 Å². The first-order valence-corrected chi connectivity index (χ1v) is 10.1. The van der Waals surface area contributed by atoms with Crippen LogP contribution in [0, 0.1) is 6.92 Å². The van der Waals surface area contributed by atoms with Crippen LogP contribution < -0.4 is 10.1 Å². The van der Waals surface area contributed by atoms with Crippen LogP contribution in [0.1, 0.15) is 16.0 Å². The number of amides is 2. The molecule has 0 saturated carbocycles. The zero-order valence-corrected chi connectivity index (χ0v) is 17.0. The first-order chi connectivity index (χ1) is 14.1. The highest BCUT2D eigenvalue weighted by molar-refractivity contribution is 7.11. The number of carbonyl (C=O) groups excluding carboxylic acids is 2. The zero-order chi connectivity index (χ0) is 20.4. The minimum atomic E-state index is -0.340. The van der Waals surface area contributed by atoms with Gasteiger partial charge in [0.1, 0.15) is 11.4 Å². The largest absolute Gasteiger partial charge is 0.496 e. The highest BCUT2D eigenvalue weighted by atomic mass is 32.1. The summed E-state index contributed by atoms with van der Waals surface area (Å²) in [5.41, 5.74) is 3.29. The summed E-state index contributed by atoms with van der Waals surface area (Å²) in [5, 5.41) is 5.11. The van der Waals surface area contributed by atoms with E-state index in [9.17, 15) is 9.59 Å². The maximum absolute atomic E-state index is 13.3. The van der Waals surface area contributed by atoms with Gasteiger partial charge in [0, 0.05) is 16.1 Å². The molecule has 2 amide bonds. The second-order valence-corrected chi connectivity index (χ2v) is 7.62. The normalized spacial score (nSPS) is 13.9. The summed E-state index contributed by atoms with van der Waals surface area (Å²) in [6.45, 7) is 2.11. The minimum Gasteiger partial charge on any atom is -0.496 e. The summed E-state index contributed by atoms with van der Waals surface area (Å²) in [7, 11) is 1.58. The Bertz CT molecular complexity index is 1100. The van der Waals surface area contributed by atoms with Crippen molar-refractivity contribution < 1.29 is 14.3 Å². The van der Waals surface area contributed by atoms with E-state index in [0.717, 1.165) is 21.7 Å². The number of methoxy groups -OCH3 is 1. The molecule has 0 bridgehead atoms. The summed E-state index contributed by atoms with van der Waals surface area (Å²) in [5.74, 6) is -0.00177. The van der Waals surface area contributed by atoms with Gasteiger partial charge in [-0.05, 0) is 36.1 Å². The molecule has 29 heavy (non-hydrogen) atoms. The maximum atomic E-state index is 13.3. The number of anilines is 1. The van der Waals surface area contributed by atoms with Gasteiger partial charge in [-0.1, -0.05) is 42.5 Å². The summed E-state index contributed by atoms with van der Waals surface area (Å²) in [4.78, 5) is 28.6. The number of nitrogens with one attached hydrogen (secondary N) is 1. The van der Waals surface area contributed by atoms with Gasteiger partial charge in [-0.3, -0.25) is 14.5 Å². The van der Waals surface area contributed by atoms with Crippen molar-refractivity contribution in [1.29, 1.82) is 0 Å². The predicted octanol–water partition coefficient (Wildman–Crippen LogP) is 4.46. The molecule has 0 saturated heterocycles. The van der Waals surface area contributed by atoms with Gasteiger partial charge in [0.05, 0.1) is 19.2 Å².